The molecule has 1 aliphatic carbocycles. The molecule has 3 nitrogen and oxygen atoms in total. The third-order valence-electron chi connectivity index (χ3n) is 4.23. The summed E-state index contributed by atoms with van der Waals surface area (Å²) >= 11 is 9.16. The Hall–Kier alpha value is -1.30. The van der Waals surface area contributed by atoms with Crippen molar-refractivity contribution in [2.24, 2.45) is 0 Å². The van der Waals surface area contributed by atoms with Crippen LogP contribution in [0.4, 0.5) is 0 Å². The van der Waals surface area contributed by atoms with Gasteiger partial charge in [0, 0.05) is 9.90 Å². The number of hydrogen-bond donors (Lipinski definition) is 0. The molecule has 0 spiro atoms. The molecule has 118 valence electrons. The van der Waals surface area contributed by atoms with Gasteiger partial charge in [-0.2, -0.15) is 0 Å². The minimum Gasteiger partial charge on any atom is -0.268 e. The molecule has 0 atom stereocenters. The smallest absolute Gasteiger partial charge is 0.267 e. The van der Waals surface area contributed by atoms with Crippen molar-refractivity contribution in [3.8, 4) is 5.69 Å². The number of halogens is 1. The summed E-state index contributed by atoms with van der Waals surface area (Å²) in [6, 6.07) is 7.35. The van der Waals surface area contributed by atoms with Gasteiger partial charge in [0.25, 0.3) is 5.56 Å². The second kappa shape index (κ2) is 5.96. The topological polar surface area (TPSA) is 34.9 Å². The zero-order valence-electron chi connectivity index (χ0n) is 12.6. The maximum Gasteiger partial charge on any atom is 0.267 e. The predicted octanol–water partition coefficient (Wildman–Crippen LogP) is 4.70. The van der Waals surface area contributed by atoms with E-state index in [4.69, 9.17) is 16.6 Å². The van der Waals surface area contributed by atoms with Gasteiger partial charge in [-0.05, 0) is 61.8 Å². The summed E-state index contributed by atoms with van der Waals surface area (Å²) in [6.45, 7) is 0. The van der Waals surface area contributed by atoms with Crippen molar-refractivity contribution in [2.75, 3.05) is 6.26 Å². The third-order valence-corrected chi connectivity index (χ3v) is 6.30. The quantitative estimate of drug-likeness (QED) is 0.489. The number of aromatic nitrogens is 2. The molecule has 1 aromatic carbocycles. The van der Waals surface area contributed by atoms with Crippen LogP contribution in [0.1, 0.15) is 23.3 Å². The number of hydrogen-bond acceptors (Lipinski definition) is 4. The highest BCUT2D eigenvalue weighted by Gasteiger charge is 2.22. The second-order valence-electron chi connectivity index (χ2n) is 5.61. The van der Waals surface area contributed by atoms with Crippen molar-refractivity contribution in [3.63, 3.8) is 0 Å². The number of thiophene rings is 1. The number of aryl methyl sites for hydroxylation is 2. The van der Waals surface area contributed by atoms with E-state index in [1.54, 1.807) is 28.0 Å². The molecule has 0 saturated carbocycles. The molecule has 1 aliphatic rings. The highest BCUT2D eigenvalue weighted by molar-refractivity contribution is 7.98. The van der Waals surface area contributed by atoms with E-state index < -0.39 is 0 Å². The first-order valence-corrected chi connectivity index (χ1v) is 9.98. The van der Waals surface area contributed by atoms with Gasteiger partial charge in [0.05, 0.1) is 11.1 Å². The van der Waals surface area contributed by atoms with Crippen LogP contribution in [-0.4, -0.2) is 15.8 Å². The van der Waals surface area contributed by atoms with Crippen LogP contribution in [0.3, 0.4) is 0 Å². The minimum atomic E-state index is 0.0427. The van der Waals surface area contributed by atoms with Crippen LogP contribution >= 0.6 is 34.7 Å². The molecule has 0 radical (unpaired) electrons. The molecule has 4 rings (SSSR count). The summed E-state index contributed by atoms with van der Waals surface area (Å²) < 4.78 is 1.71. The maximum atomic E-state index is 13.2. The lowest BCUT2D eigenvalue weighted by Crippen LogP contribution is -2.22. The Bertz CT molecular complexity index is 944. The first kappa shape index (κ1) is 15.2. The van der Waals surface area contributed by atoms with Crippen molar-refractivity contribution in [2.45, 2.75) is 30.8 Å². The van der Waals surface area contributed by atoms with Crippen LogP contribution in [0.2, 0.25) is 5.02 Å². The SMILES string of the molecule is CSc1nc2sc3c(c2c(=O)n1-c1ccc(Cl)cc1)CCCC3. The van der Waals surface area contributed by atoms with E-state index in [0.717, 1.165) is 40.3 Å². The normalized spacial score (nSPS) is 14.2. The Morgan fingerprint density at radius 1 is 1.22 bits per heavy atom. The van der Waals surface area contributed by atoms with E-state index in [9.17, 15) is 4.79 Å². The Balaban J connectivity index is 2.04. The molecule has 0 fully saturated rings. The van der Waals surface area contributed by atoms with E-state index in [0.29, 0.717) is 5.02 Å². The summed E-state index contributed by atoms with van der Waals surface area (Å²) in [7, 11) is 0. The van der Waals surface area contributed by atoms with Gasteiger partial charge in [-0.1, -0.05) is 23.4 Å². The van der Waals surface area contributed by atoms with Gasteiger partial charge in [-0.15, -0.1) is 11.3 Å². The van der Waals surface area contributed by atoms with Gasteiger partial charge in [-0.3, -0.25) is 9.36 Å². The lowest BCUT2D eigenvalue weighted by atomic mass is 9.97. The monoisotopic (exact) mass is 362 g/mol. The molecular formula is C17H15ClN2OS2. The Kier molecular flexibility index (Phi) is 3.95. The van der Waals surface area contributed by atoms with Crippen LogP contribution in [0.25, 0.3) is 15.9 Å². The highest BCUT2D eigenvalue weighted by Crippen LogP contribution is 2.35. The van der Waals surface area contributed by atoms with Gasteiger partial charge < -0.3 is 0 Å². The predicted molar refractivity (Wildman–Crippen MR) is 98.7 cm³/mol. The van der Waals surface area contributed by atoms with Gasteiger partial charge in [0.2, 0.25) is 0 Å². The molecule has 3 aromatic rings. The van der Waals surface area contributed by atoms with E-state index in [1.807, 2.05) is 18.4 Å². The van der Waals surface area contributed by atoms with Crippen LogP contribution < -0.4 is 5.56 Å². The molecule has 0 N–H and O–H groups in total. The van der Waals surface area contributed by atoms with E-state index in [2.05, 4.69) is 0 Å². The lowest BCUT2D eigenvalue weighted by molar-refractivity contribution is 0.699. The van der Waals surface area contributed by atoms with Crippen molar-refractivity contribution in [3.05, 3.63) is 50.1 Å². The van der Waals surface area contributed by atoms with Crippen LogP contribution in [0.5, 0.6) is 0 Å². The van der Waals surface area contributed by atoms with E-state index in [-0.39, 0.29) is 5.56 Å². The summed E-state index contributed by atoms with van der Waals surface area (Å²) in [5, 5.41) is 2.20. The average molecular weight is 363 g/mol. The van der Waals surface area contributed by atoms with Gasteiger partial charge in [0.15, 0.2) is 5.16 Å². The number of fused-ring (bicyclic) bond motifs is 3. The molecule has 0 bridgehead atoms. The Morgan fingerprint density at radius 2 is 1.96 bits per heavy atom. The number of rotatable bonds is 2. The highest BCUT2D eigenvalue weighted by atomic mass is 35.5. The van der Waals surface area contributed by atoms with Gasteiger partial charge in [0.1, 0.15) is 4.83 Å². The third kappa shape index (κ3) is 2.51. The van der Waals surface area contributed by atoms with E-state index >= 15 is 0 Å². The van der Waals surface area contributed by atoms with Gasteiger partial charge in [-0.25, -0.2) is 4.98 Å². The largest absolute Gasteiger partial charge is 0.268 e. The van der Waals surface area contributed by atoms with Crippen molar-refractivity contribution < 1.29 is 0 Å². The van der Waals surface area contributed by atoms with Gasteiger partial charge >= 0.3 is 0 Å². The molecule has 6 heteroatoms. The summed E-state index contributed by atoms with van der Waals surface area (Å²) in [5.41, 5.74) is 2.08. The zero-order chi connectivity index (χ0) is 16.0. The molecule has 0 aliphatic heterocycles. The fraction of sp³-hybridized carbons (Fsp3) is 0.294. The lowest BCUT2D eigenvalue weighted by Gasteiger charge is -2.12. The van der Waals surface area contributed by atoms with Crippen molar-refractivity contribution in [1.82, 2.24) is 9.55 Å². The number of nitrogens with zero attached hydrogens (tertiary/aromatic N) is 2. The molecule has 0 unspecified atom stereocenters. The standard InChI is InChI=1S/C17H15ClN2OS2/c1-22-17-19-15-14(12-4-2-3-5-13(12)23-15)16(21)20(17)11-8-6-10(18)7-9-11/h6-9H,2-5H2,1H3. The first-order valence-electron chi connectivity index (χ1n) is 7.56. The summed E-state index contributed by atoms with van der Waals surface area (Å²) in [4.78, 5) is 20.2. The fourth-order valence-corrected chi connectivity index (χ4v) is 5.13. The maximum absolute atomic E-state index is 13.2. The Labute approximate surface area is 147 Å². The van der Waals surface area contributed by atoms with E-state index in [1.165, 1.54) is 28.6 Å². The summed E-state index contributed by atoms with van der Waals surface area (Å²) in [6.07, 6.45) is 6.38. The first-order chi connectivity index (χ1) is 11.2. The molecule has 2 aromatic heterocycles. The van der Waals surface area contributed by atoms with Crippen molar-refractivity contribution >= 4 is 44.9 Å². The molecule has 2 heterocycles. The fourth-order valence-electron chi connectivity index (χ4n) is 3.14. The van der Waals surface area contributed by atoms with Crippen LogP contribution in [0, 0.1) is 0 Å². The summed E-state index contributed by atoms with van der Waals surface area (Å²) in [5.74, 6) is 0. The van der Waals surface area contributed by atoms with Crippen molar-refractivity contribution in [1.29, 1.82) is 0 Å². The minimum absolute atomic E-state index is 0.0427. The molecular weight excluding hydrogens is 348 g/mol. The van der Waals surface area contributed by atoms with Crippen LogP contribution in [-0.2, 0) is 12.8 Å². The Morgan fingerprint density at radius 3 is 2.70 bits per heavy atom. The molecule has 23 heavy (non-hydrogen) atoms. The van der Waals surface area contributed by atoms with Crippen LogP contribution in [0.15, 0.2) is 34.2 Å². The molecule has 0 amide bonds. The number of benzene rings is 1. The zero-order valence-corrected chi connectivity index (χ0v) is 15.0. The molecule has 0 saturated heterocycles. The number of thioether (sulfide) groups is 1. The second-order valence-corrected chi connectivity index (χ2v) is 7.90. The average Bonchev–Trinajstić information content (AvgIpc) is 2.94.